The van der Waals surface area contributed by atoms with Crippen molar-refractivity contribution in [3.05, 3.63) is 87.7 Å². The molecule has 0 saturated heterocycles. The summed E-state index contributed by atoms with van der Waals surface area (Å²) in [5.74, 6) is -2.28. The monoisotopic (exact) mass is 498 g/mol. The molecule has 4 rings (SSSR count). The summed E-state index contributed by atoms with van der Waals surface area (Å²) in [5, 5.41) is 3.03. The van der Waals surface area contributed by atoms with Crippen molar-refractivity contribution >= 4 is 29.4 Å². The van der Waals surface area contributed by atoms with Gasteiger partial charge in [0.05, 0.1) is 20.0 Å². The van der Waals surface area contributed by atoms with E-state index in [1.807, 2.05) is 31.2 Å². The van der Waals surface area contributed by atoms with Crippen molar-refractivity contribution in [3.63, 3.8) is 0 Å². The van der Waals surface area contributed by atoms with Crippen LogP contribution in [0.3, 0.4) is 0 Å². The number of hydrogen-bond acceptors (Lipinski definition) is 5. The molecular formula is C25H24ClFN4O4. The van der Waals surface area contributed by atoms with Gasteiger partial charge in [0.25, 0.3) is 5.91 Å². The fourth-order valence-corrected chi connectivity index (χ4v) is 4.31. The Morgan fingerprint density at radius 3 is 2.60 bits per heavy atom. The van der Waals surface area contributed by atoms with E-state index in [0.29, 0.717) is 5.56 Å². The number of imidazole rings is 1. The summed E-state index contributed by atoms with van der Waals surface area (Å²) in [6.45, 7) is 3.82. The van der Waals surface area contributed by atoms with E-state index in [2.05, 4.69) is 10.3 Å². The second kappa shape index (κ2) is 9.50. The molecule has 0 saturated carbocycles. The highest BCUT2D eigenvalue weighted by atomic mass is 35.5. The van der Waals surface area contributed by atoms with Gasteiger partial charge in [-0.05, 0) is 37.1 Å². The average Bonchev–Trinajstić information content (AvgIpc) is 3.25. The number of halogens is 2. The van der Waals surface area contributed by atoms with Gasteiger partial charge in [0.15, 0.2) is 5.69 Å². The van der Waals surface area contributed by atoms with Gasteiger partial charge in [0, 0.05) is 18.1 Å². The van der Waals surface area contributed by atoms with Gasteiger partial charge in [-0.1, -0.05) is 47.5 Å². The summed E-state index contributed by atoms with van der Waals surface area (Å²) in [7, 11) is 1.19. The van der Waals surface area contributed by atoms with E-state index in [9.17, 15) is 18.8 Å². The lowest BCUT2D eigenvalue weighted by atomic mass is 9.93. The van der Waals surface area contributed by atoms with E-state index in [1.54, 1.807) is 6.92 Å². The molecule has 1 unspecified atom stereocenters. The maximum absolute atomic E-state index is 13.7. The lowest BCUT2D eigenvalue weighted by Crippen LogP contribution is -2.63. The molecule has 1 atom stereocenters. The van der Waals surface area contributed by atoms with Gasteiger partial charge in [0.1, 0.15) is 17.1 Å². The molecule has 2 aromatic carbocycles. The number of aromatic nitrogens is 2. The number of carbonyl (C=O) groups excluding carboxylic acids is 3. The fourth-order valence-electron chi connectivity index (χ4n) is 4.08. The van der Waals surface area contributed by atoms with Crippen molar-refractivity contribution in [1.82, 2.24) is 19.8 Å². The molecular weight excluding hydrogens is 475 g/mol. The molecule has 0 aliphatic carbocycles. The summed E-state index contributed by atoms with van der Waals surface area (Å²) in [5.41, 5.74) is 0.960. The number of fused-ring (bicyclic) bond motifs is 1. The first-order valence-electron chi connectivity index (χ1n) is 10.9. The molecule has 0 radical (unpaired) electrons. The predicted molar refractivity (Wildman–Crippen MR) is 126 cm³/mol. The maximum atomic E-state index is 13.7. The molecule has 2 amide bonds. The lowest BCUT2D eigenvalue weighted by Gasteiger charge is -2.43. The Labute approximate surface area is 206 Å². The van der Waals surface area contributed by atoms with Crippen molar-refractivity contribution in [3.8, 4) is 0 Å². The number of benzene rings is 2. The highest BCUT2D eigenvalue weighted by Crippen LogP contribution is 2.32. The largest absolute Gasteiger partial charge is 0.464 e. The molecule has 1 aromatic heterocycles. The van der Waals surface area contributed by atoms with Crippen molar-refractivity contribution in [2.45, 2.75) is 39.0 Å². The highest BCUT2D eigenvalue weighted by molar-refractivity contribution is 6.31. The zero-order valence-electron chi connectivity index (χ0n) is 19.5. The molecule has 0 spiro atoms. The van der Waals surface area contributed by atoms with Crippen LogP contribution in [0.4, 0.5) is 4.39 Å². The number of methoxy groups -OCH3 is 1. The number of ether oxygens (including phenoxy) is 1. The van der Waals surface area contributed by atoms with Crippen LogP contribution < -0.4 is 5.32 Å². The van der Waals surface area contributed by atoms with Gasteiger partial charge >= 0.3 is 5.97 Å². The van der Waals surface area contributed by atoms with Crippen LogP contribution in [0.5, 0.6) is 0 Å². The lowest BCUT2D eigenvalue weighted by molar-refractivity contribution is -0.133. The van der Waals surface area contributed by atoms with Crippen molar-refractivity contribution in [2.24, 2.45) is 0 Å². The van der Waals surface area contributed by atoms with E-state index >= 15 is 0 Å². The Morgan fingerprint density at radius 2 is 1.94 bits per heavy atom. The number of carbonyl (C=O) groups is 3. The van der Waals surface area contributed by atoms with Gasteiger partial charge in [-0.25, -0.2) is 14.2 Å². The molecule has 1 aliphatic rings. The van der Waals surface area contributed by atoms with Crippen molar-refractivity contribution in [1.29, 1.82) is 0 Å². The number of nitrogens with zero attached hydrogens (tertiary/aromatic N) is 3. The number of nitrogens with one attached hydrogen (secondary N) is 1. The molecule has 2 heterocycles. The zero-order chi connectivity index (χ0) is 25.3. The minimum absolute atomic E-state index is 0.0129. The molecule has 8 nitrogen and oxygen atoms in total. The SMILES string of the molecule is COC(=O)c1ncn2c1C(=O)N(Cc1ccc(F)cc1Cl)C(C)(C(=O)NCc1ccc(C)cc1)C2. The topological polar surface area (TPSA) is 93.5 Å². The van der Waals surface area contributed by atoms with E-state index in [4.69, 9.17) is 16.3 Å². The summed E-state index contributed by atoms with van der Waals surface area (Å²) in [6, 6.07) is 11.6. The first-order chi connectivity index (χ1) is 16.6. The van der Waals surface area contributed by atoms with Crippen molar-refractivity contribution < 1.29 is 23.5 Å². The predicted octanol–water partition coefficient (Wildman–Crippen LogP) is 3.50. The molecule has 182 valence electrons. The Hall–Kier alpha value is -3.72. The minimum atomic E-state index is -1.36. The van der Waals surface area contributed by atoms with Crippen molar-refractivity contribution in [2.75, 3.05) is 7.11 Å². The molecule has 10 heteroatoms. The smallest absolute Gasteiger partial charge is 0.359 e. The highest BCUT2D eigenvalue weighted by Gasteiger charge is 2.49. The fraction of sp³-hybridized carbons (Fsp3) is 0.280. The Bertz CT molecular complexity index is 1310. The first-order valence-corrected chi connectivity index (χ1v) is 11.2. The molecule has 3 aromatic rings. The Balaban J connectivity index is 1.71. The van der Waals surface area contributed by atoms with Gasteiger partial charge in [-0.2, -0.15) is 0 Å². The second-order valence-electron chi connectivity index (χ2n) is 8.63. The standard InChI is InChI=1S/C25H24ClFN4O4/c1-15-4-6-16(7-5-15)11-28-24(34)25(2)13-30-14-29-20(23(33)35-3)21(30)22(32)31(25)12-17-8-9-18(27)10-19(17)26/h4-10,14H,11-13H2,1-3H3,(H,28,34). The van der Waals surface area contributed by atoms with Crippen LogP contribution in [0.15, 0.2) is 48.8 Å². The van der Waals surface area contributed by atoms with E-state index in [0.717, 1.165) is 17.2 Å². The number of amides is 2. The summed E-state index contributed by atoms with van der Waals surface area (Å²) in [4.78, 5) is 44.8. The molecule has 0 fully saturated rings. The van der Waals surface area contributed by atoms with Crippen LogP contribution in [0.2, 0.25) is 5.02 Å². The number of hydrogen-bond donors (Lipinski definition) is 1. The summed E-state index contributed by atoms with van der Waals surface area (Å²) < 4.78 is 19.9. The number of rotatable bonds is 6. The van der Waals surface area contributed by atoms with Gasteiger partial charge in [-0.3, -0.25) is 9.59 Å². The third-order valence-corrected chi connectivity index (χ3v) is 6.50. The molecule has 1 aliphatic heterocycles. The maximum Gasteiger partial charge on any atom is 0.359 e. The molecule has 35 heavy (non-hydrogen) atoms. The molecule has 1 N–H and O–H groups in total. The molecule has 0 bridgehead atoms. The Morgan fingerprint density at radius 1 is 1.23 bits per heavy atom. The summed E-state index contributed by atoms with van der Waals surface area (Å²) >= 11 is 6.24. The van der Waals surface area contributed by atoms with Crippen LogP contribution in [-0.4, -0.2) is 44.9 Å². The third-order valence-electron chi connectivity index (χ3n) is 6.14. The van der Waals surface area contributed by atoms with E-state index < -0.39 is 29.1 Å². The average molecular weight is 499 g/mol. The van der Waals surface area contributed by atoms with Crippen LogP contribution >= 0.6 is 11.6 Å². The van der Waals surface area contributed by atoms with Gasteiger partial charge in [0.2, 0.25) is 5.91 Å². The Kier molecular flexibility index (Phi) is 6.62. The zero-order valence-corrected chi connectivity index (χ0v) is 20.2. The number of aryl methyl sites for hydroxylation is 1. The normalized spacial score (nSPS) is 17.2. The minimum Gasteiger partial charge on any atom is -0.464 e. The third kappa shape index (κ3) is 4.64. The number of esters is 1. The quantitative estimate of drug-likeness (QED) is 0.525. The van der Waals surface area contributed by atoms with Gasteiger partial charge in [-0.15, -0.1) is 0 Å². The van der Waals surface area contributed by atoms with Gasteiger partial charge < -0.3 is 19.5 Å². The first kappa shape index (κ1) is 24.4. The van der Waals surface area contributed by atoms with Crippen LogP contribution in [-0.2, 0) is 29.2 Å². The van der Waals surface area contributed by atoms with Crippen LogP contribution in [0.25, 0.3) is 0 Å². The van der Waals surface area contributed by atoms with Crippen LogP contribution in [0.1, 0.15) is 44.6 Å². The van der Waals surface area contributed by atoms with E-state index in [1.165, 1.54) is 35.0 Å². The summed E-state index contributed by atoms with van der Waals surface area (Å²) in [6.07, 6.45) is 1.34. The second-order valence-corrected chi connectivity index (χ2v) is 9.04. The van der Waals surface area contributed by atoms with Crippen LogP contribution in [0, 0.1) is 12.7 Å². The van der Waals surface area contributed by atoms with E-state index in [-0.39, 0.29) is 36.0 Å².